The lowest BCUT2D eigenvalue weighted by Crippen LogP contribution is -2.27. The zero-order chi connectivity index (χ0) is 12.3. The molecule has 8 heteroatoms. The maximum Gasteiger partial charge on any atom is 0.415 e. The molecule has 0 atom stereocenters. The summed E-state index contributed by atoms with van der Waals surface area (Å²) < 4.78 is 9.45. The second kappa shape index (κ2) is 4.17. The minimum atomic E-state index is -0.846. The van der Waals surface area contributed by atoms with E-state index in [-0.39, 0.29) is 11.8 Å². The second-order valence-corrected chi connectivity index (χ2v) is 3.91. The summed E-state index contributed by atoms with van der Waals surface area (Å²) in [5, 5.41) is 5.40. The number of carbonyl (C=O) groups is 2. The number of ether oxygens (including phenoxy) is 1. The van der Waals surface area contributed by atoms with Crippen LogP contribution in [0.1, 0.15) is 31.4 Å². The molecule has 1 heterocycles. The van der Waals surface area contributed by atoms with E-state index in [1.165, 1.54) is 0 Å². The number of nitrogens with zero attached hydrogens (tertiary/aromatic N) is 2. The zero-order valence-corrected chi connectivity index (χ0v) is 9.10. The van der Waals surface area contributed by atoms with Crippen LogP contribution in [0.15, 0.2) is 4.52 Å². The molecule has 0 aliphatic carbocycles. The van der Waals surface area contributed by atoms with Crippen molar-refractivity contribution in [1.82, 2.24) is 10.1 Å². The summed E-state index contributed by atoms with van der Waals surface area (Å²) in [6, 6.07) is -0.247. The predicted molar refractivity (Wildman–Crippen MR) is 52.7 cm³/mol. The van der Waals surface area contributed by atoms with Crippen molar-refractivity contribution in [3.8, 4) is 0 Å². The van der Waals surface area contributed by atoms with Crippen LogP contribution in [0.4, 0.5) is 10.8 Å². The summed E-state index contributed by atoms with van der Waals surface area (Å²) in [7, 11) is 0. The molecule has 0 fully saturated rings. The van der Waals surface area contributed by atoms with Crippen LogP contribution >= 0.6 is 0 Å². The number of amides is 2. The molecule has 0 unspecified atom stereocenters. The largest absolute Gasteiger partial charge is 0.443 e. The summed E-state index contributed by atoms with van der Waals surface area (Å²) in [4.78, 5) is 25.4. The molecule has 0 aliphatic heterocycles. The maximum atomic E-state index is 11.2. The highest BCUT2D eigenvalue weighted by molar-refractivity contribution is 5.89. The standard InChI is InChI=1S/C8H12N4O4/c1-8(2,3)15-7(14)11-6-10-5(4(9)13)12-16-6/h1-3H3,(H2,9,13)(H,10,11,12,14). The van der Waals surface area contributed by atoms with Crippen LogP contribution in [0.5, 0.6) is 0 Å². The number of nitrogens with two attached hydrogens (primary N) is 1. The van der Waals surface area contributed by atoms with Gasteiger partial charge in [-0.15, -0.1) is 0 Å². The van der Waals surface area contributed by atoms with Crippen molar-refractivity contribution in [3.05, 3.63) is 5.82 Å². The molecule has 0 saturated carbocycles. The van der Waals surface area contributed by atoms with E-state index < -0.39 is 17.6 Å². The van der Waals surface area contributed by atoms with Crippen molar-refractivity contribution < 1.29 is 18.8 Å². The predicted octanol–water partition coefficient (Wildman–Crippen LogP) is 0.516. The Morgan fingerprint density at radius 2 is 2.06 bits per heavy atom. The van der Waals surface area contributed by atoms with Gasteiger partial charge in [0.2, 0.25) is 0 Å². The third-order valence-corrected chi connectivity index (χ3v) is 1.25. The first-order valence-electron chi connectivity index (χ1n) is 4.41. The molecule has 1 rings (SSSR count). The highest BCUT2D eigenvalue weighted by Gasteiger charge is 2.19. The Hall–Kier alpha value is -2.12. The molecule has 0 aromatic carbocycles. The minimum Gasteiger partial charge on any atom is -0.443 e. The van der Waals surface area contributed by atoms with Crippen LogP contribution < -0.4 is 11.1 Å². The molecule has 88 valence electrons. The van der Waals surface area contributed by atoms with Gasteiger partial charge in [-0.1, -0.05) is 0 Å². The van der Waals surface area contributed by atoms with Crippen LogP contribution in [-0.2, 0) is 4.74 Å². The summed E-state index contributed by atoms with van der Waals surface area (Å²) >= 11 is 0. The third kappa shape index (κ3) is 3.56. The van der Waals surface area contributed by atoms with E-state index in [9.17, 15) is 9.59 Å². The quantitative estimate of drug-likeness (QED) is 0.760. The van der Waals surface area contributed by atoms with E-state index in [2.05, 4.69) is 20.0 Å². The summed E-state index contributed by atoms with van der Waals surface area (Å²) in [5.41, 5.74) is 4.25. The number of primary amides is 1. The molecule has 0 bridgehead atoms. The Bertz CT molecular complexity index is 406. The van der Waals surface area contributed by atoms with Gasteiger partial charge in [0, 0.05) is 0 Å². The number of carbonyl (C=O) groups excluding carboxylic acids is 2. The number of hydrogen-bond donors (Lipinski definition) is 2. The Labute approximate surface area is 91.1 Å². The number of hydrogen-bond acceptors (Lipinski definition) is 6. The molecular formula is C8H12N4O4. The highest BCUT2D eigenvalue weighted by Crippen LogP contribution is 2.09. The van der Waals surface area contributed by atoms with Crippen molar-refractivity contribution in [2.45, 2.75) is 26.4 Å². The fraction of sp³-hybridized carbons (Fsp3) is 0.500. The van der Waals surface area contributed by atoms with Gasteiger partial charge in [-0.2, -0.15) is 4.98 Å². The molecule has 16 heavy (non-hydrogen) atoms. The molecule has 3 N–H and O–H groups in total. The number of anilines is 1. The van der Waals surface area contributed by atoms with Gasteiger partial charge in [-0.05, 0) is 25.9 Å². The third-order valence-electron chi connectivity index (χ3n) is 1.25. The molecule has 1 aromatic rings. The molecule has 0 aliphatic rings. The maximum absolute atomic E-state index is 11.2. The van der Waals surface area contributed by atoms with E-state index in [1.54, 1.807) is 20.8 Å². The van der Waals surface area contributed by atoms with Crippen LogP contribution in [0.3, 0.4) is 0 Å². The fourth-order valence-corrected chi connectivity index (χ4v) is 0.765. The molecular weight excluding hydrogens is 216 g/mol. The van der Waals surface area contributed by atoms with Gasteiger partial charge < -0.3 is 15.0 Å². The zero-order valence-electron chi connectivity index (χ0n) is 9.10. The van der Waals surface area contributed by atoms with E-state index >= 15 is 0 Å². The van der Waals surface area contributed by atoms with E-state index in [1.807, 2.05) is 0 Å². The fourth-order valence-electron chi connectivity index (χ4n) is 0.765. The van der Waals surface area contributed by atoms with Crippen LogP contribution in [0.25, 0.3) is 0 Å². The smallest absolute Gasteiger partial charge is 0.415 e. The Morgan fingerprint density at radius 1 is 1.44 bits per heavy atom. The number of aromatic nitrogens is 2. The highest BCUT2D eigenvalue weighted by atomic mass is 16.6. The van der Waals surface area contributed by atoms with Gasteiger partial charge in [-0.3, -0.25) is 4.79 Å². The van der Waals surface area contributed by atoms with Gasteiger partial charge in [-0.25, -0.2) is 10.1 Å². The van der Waals surface area contributed by atoms with Crippen LogP contribution in [-0.4, -0.2) is 27.7 Å². The van der Waals surface area contributed by atoms with Crippen molar-refractivity contribution in [3.63, 3.8) is 0 Å². The van der Waals surface area contributed by atoms with Gasteiger partial charge in [0.1, 0.15) is 5.60 Å². The summed E-state index contributed by atoms with van der Waals surface area (Å²) in [5.74, 6) is -1.16. The van der Waals surface area contributed by atoms with Crippen LogP contribution in [0, 0.1) is 0 Å². The lowest BCUT2D eigenvalue weighted by Gasteiger charge is -2.18. The Kier molecular flexibility index (Phi) is 3.11. The van der Waals surface area contributed by atoms with Crippen LogP contribution in [0.2, 0.25) is 0 Å². The van der Waals surface area contributed by atoms with Crippen molar-refractivity contribution in [1.29, 1.82) is 0 Å². The summed E-state index contributed by atoms with van der Waals surface area (Å²) in [6.07, 6.45) is -0.757. The Morgan fingerprint density at radius 3 is 2.50 bits per heavy atom. The van der Waals surface area contributed by atoms with Crippen molar-refractivity contribution in [2.75, 3.05) is 5.32 Å². The molecule has 0 saturated heterocycles. The van der Waals surface area contributed by atoms with E-state index in [0.717, 1.165) is 0 Å². The molecule has 1 aromatic heterocycles. The summed E-state index contributed by atoms with van der Waals surface area (Å²) in [6.45, 7) is 5.11. The van der Waals surface area contributed by atoms with E-state index in [4.69, 9.17) is 10.5 Å². The lowest BCUT2D eigenvalue weighted by molar-refractivity contribution is 0.0630. The van der Waals surface area contributed by atoms with Crippen molar-refractivity contribution in [2.24, 2.45) is 5.73 Å². The first kappa shape index (κ1) is 12.0. The molecule has 0 radical (unpaired) electrons. The first-order chi connectivity index (χ1) is 7.28. The van der Waals surface area contributed by atoms with E-state index in [0.29, 0.717) is 0 Å². The van der Waals surface area contributed by atoms with Gasteiger partial charge in [0.25, 0.3) is 11.7 Å². The average molecular weight is 228 g/mol. The van der Waals surface area contributed by atoms with Gasteiger partial charge >= 0.3 is 12.1 Å². The lowest BCUT2D eigenvalue weighted by atomic mass is 10.2. The number of nitrogens with one attached hydrogen (secondary N) is 1. The van der Waals surface area contributed by atoms with Gasteiger partial charge in [0.15, 0.2) is 0 Å². The van der Waals surface area contributed by atoms with Crippen molar-refractivity contribution >= 4 is 18.0 Å². The van der Waals surface area contributed by atoms with Gasteiger partial charge in [0.05, 0.1) is 0 Å². The Balaban J connectivity index is 2.60. The topological polar surface area (TPSA) is 120 Å². The monoisotopic (exact) mass is 228 g/mol. The molecule has 0 spiro atoms. The SMILES string of the molecule is CC(C)(C)OC(=O)Nc1nc(C(N)=O)no1. The minimum absolute atomic E-state index is 0.247. The first-order valence-corrected chi connectivity index (χ1v) is 4.41. The molecule has 8 nitrogen and oxygen atoms in total. The average Bonchev–Trinajstić information content (AvgIpc) is 2.48. The normalized spacial score (nSPS) is 10.9. The number of rotatable bonds is 2. The second-order valence-electron chi connectivity index (χ2n) is 3.91. The molecule has 2 amide bonds.